The van der Waals surface area contributed by atoms with Crippen LogP contribution in [0.25, 0.3) is 10.2 Å². The third kappa shape index (κ3) is 2.46. The van der Waals surface area contributed by atoms with Crippen LogP contribution < -0.4 is 0 Å². The molecule has 3 rings (SSSR count). The average Bonchev–Trinajstić information content (AvgIpc) is 3.00. The molecule has 0 radical (unpaired) electrons. The summed E-state index contributed by atoms with van der Waals surface area (Å²) in [5.74, 6) is 0. The van der Waals surface area contributed by atoms with Crippen LogP contribution in [0, 0.1) is 6.92 Å². The van der Waals surface area contributed by atoms with E-state index in [1.807, 2.05) is 42.8 Å². The molecule has 104 valence electrons. The Labute approximate surface area is 121 Å². The van der Waals surface area contributed by atoms with Crippen molar-refractivity contribution in [3.05, 3.63) is 46.7 Å². The Morgan fingerprint density at radius 2 is 2.15 bits per heavy atom. The van der Waals surface area contributed by atoms with E-state index in [-0.39, 0.29) is 0 Å². The van der Waals surface area contributed by atoms with Gasteiger partial charge in [-0.15, -0.1) is 11.3 Å². The summed E-state index contributed by atoms with van der Waals surface area (Å²) >= 11 is 1.64. The standard InChI is InChI=1S/C15H17N3OS/c1-3-18-12(8-10(2)17-18)13(19)9-15-16-11-6-4-5-7-14(11)20-15/h4-8,13,19H,3,9H2,1-2H3. The molecule has 0 aliphatic heterocycles. The highest BCUT2D eigenvalue weighted by atomic mass is 32.1. The molecule has 3 aromatic rings. The van der Waals surface area contributed by atoms with Crippen molar-refractivity contribution in [2.75, 3.05) is 0 Å². The van der Waals surface area contributed by atoms with Crippen LogP contribution in [0.2, 0.25) is 0 Å². The number of aryl methyl sites for hydroxylation is 2. The van der Waals surface area contributed by atoms with Gasteiger partial charge in [-0.2, -0.15) is 5.10 Å². The lowest BCUT2D eigenvalue weighted by Gasteiger charge is -2.10. The molecule has 1 N–H and O–H groups in total. The number of hydrogen-bond acceptors (Lipinski definition) is 4. The fourth-order valence-electron chi connectivity index (χ4n) is 2.36. The molecule has 0 fully saturated rings. The summed E-state index contributed by atoms with van der Waals surface area (Å²) in [7, 11) is 0. The van der Waals surface area contributed by atoms with E-state index in [1.165, 1.54) is 0 Å². The second-order valence-electron chi connectivity index (χ2n) is 4.82. The Morgan fingerprint density at radius 1 is 1.35 bits per heavy atom. The first-order valence-corrected chi connectivity index (χ1v) is 7.56. The fourth-order valence-corrected chi connectivity index (χ4v) is 3.37. The molecule has 0 amide bonds. The van der Waals surface area contributed by atoms with Gasteiger partial charge in [-0.05, 0) is 32.0 Å². The van der Waals surface area contributed by atoms with Crippen molar-refractivity contribution < 1.29 is 5.11 Å². The van der Waals surface area contributed by atoms with Crippen molar-refractivity contribution in [1.29, 1.82) is 0 Å². The third-order valence-electron chi connectivity index (χ3n) is 3.28. The summed E-state index contributed by atoms with van der Waals surface area (Å²) in [6.07, 6.45) is -0.0264. The monoisotopic (exact) mass is 287 g/mol. The summed E-state index contributed by atoms with van der Waals surface area (Å²) in [6, 6.07) is 10.0. The zero-order valence-electron chi connectivity index (χ0n) is 11.6. The number of rotatable bonds is 4. The largest absolute Gasteiger partial charge is 0.386 e. The molecule has 0 saturated heterocycles. The van der Waals surface area contributed by atoms with Crippen LogP contribution in [-0.2, 0) is 13.0 Å². The second-order valence-corrected chi connectivity index (χ2v) is 5.94. The molecular formula is C15H17N3OS. The topological polar surface area (TPSA) is 50.9 Å². The van der Waals surface area contributed by atoms with Crippen molar-refractivity contribution in [3.63, 3.8) is 0 Å². The summed E-state index contributed by atoms with van der Waals surface area (Å²) < 4.78 is 3.02. The van der Waals surface area contributed by atoms with Gasteiger partial charge in [0.15, 0.2) is 0 Å². The maximum atomic E-state index is 10.4. The first-order chi connectivity index (χ1) is 9.67. The Kier molecular flexibility index (Phi) is 3.54. The van der Waals surface area contributed by atoms with Gasteiger partial charge in [-0.3, -0.25) is 4.68 Å². The van der Waals surface area contributed by atoms with Crippen LogP contribution in [-0.4, -0.2) is 19.9 Å². The van der Waals surface area contributed by atoms with Gasteiger partial charge in [0.1, 0.15) is 6.10 Å². The number of hydrogen-bond donors (Lipinski definition) is 1. The van der Waals surface area contributed by atoms with Crippen LogP contribution in [0.3, 0.4) is 0 Å². The molecule has 0 aliphatic carbocycles. The van der Waals surface area contributed by atoms with E-state index in [0.717, 1.165) is 33.2 Å². The summed E-state index contributed by atoms with van der Waals surface area (Å²) in [5, 5.41) is 15.8. The number of nitrogens with zero attached hydrogens (tertiary/aromatic N) is 3. The van der Waals surface area contributed by atoms with Crippen LogP contribution in [0.1, 0.15) is 29.4 Å². The van der Waals surface area contributed by atoms with Gasteiger partial charge in [0.25, 0.3) is 0 Å². The highest BCUT2D eigenvalue weighted by Crippen LogP contribution is 2.26. The molecule has 20 heavy (non-hydrogen) atoms. The second kappa shape index (κ2) is 5.34. The van der Waals surface area contributed by atoms with E-state index >= 15 is 0 Å². The Balaban J connectivity index is 1.86. The third-order valence-corrected chi connectivity index (χ3v) is 4.34. The molecule has 0 saturated carbocycles. The van der Waals surface area contributed by atoms with Gasteiger partial charge in [0.05, 0.1) is 26.6 Å². The predicted octanol–water partition coefficient (Wildman–Crippen LogP) is 3.10. The van der Waals surface area contributed by atoms with E-state index in [9.17, 15) is 5.11 Å². The van der Waals surface area contributed by atoms with Crippen molar-refractivity contribution in [3.8, 4) is 0 Å². The Bertz CT molecular complexity index is 699. The smallest absolute Gasteiger partial charge is 0.102 e. The van der Waals surface area contributed by atoms with Crippen molar-refractivity contribution >= 4 is 21.6 Å². The molecule has 4 nitrogen and oxygen atoms in total. The van der Waals surface area contributed by atoms with Gasteiger partial charge in [-0.25, -0.2) is 4.98 Å². The van der Waals surface area contributed by atoms with E-state index in [0.29, 0.717) is 6.42 Å². The normalized spacial score (nSPS) is 12.9. The summed E-state index contributed by atoms with van der Waals surface area (Å²) in [6.45, 7) is 4.74. The van der Waals surface area contributed by atoms with Gasteiger partial charge >= 0.3 is 0 Å². The van der Waals surface area contributed by atoms with Gasteiger partial charge in [0, 0.05) is 13.0 Å². The number of benzene rings is 1. The highest BCUT2D eigenvalue weighted by Gasteiger charge is 2.16. The van der Waals surface area contributed by atoms with Crippen molar-refractivity contribution in [2.45, 2.75) is 32.9 Å². The minimum Gasteiger partial charge on any atom is -0.386 e. The number of thiazole rings is 1. The van der Waals surface area contributed by atoms with Gasteiger partial charge in [-0.1, -0.05) is 12.1 Å². The first-order valence-electron chi connectivity index (χ1n) is 6.74. The maximum Gasteiger partial charge on any atom is 0.102 e. The lowest BCUT2D eigenvalue weighted by Crippen LogP contribution is -2.10. The van der Waals surface area contributed by atoms with Crippen LogP contribution >= 0.6 is 11.3 Å². The molecular weight excluding hydrogens is 270 g/mol. The number of fused-ring (bicyclic) bond motifs is 1. The minimum absolute atomic E-state index is 0.532. The lowest BCUT2D eigenvalue weighted by atomic mass is 10.2. The molecule has 1 aromatic carbocycles. The molecule has 2 heterocycles. The van der Waals surface area contributed by atoms with E-state index < -0.39 is 6.10 Å². The Hall–Kier alpha value is -1.72. The maximum absolute atomic E-state index is 10.4. The van der Waals surface area contributed by atoms with Crippen LogP contribution in [0.15, 0.2) is 30.3 Å². The molecule has 2 aromatic heterocycles. The molecule has 1 atom stereocenters. The molecule has 5 heteroatoms. The predicted molar refractivity (Wildman–Crippen MR) is 80.9 cm³/mol. The van der Waals surface area contributed by atoms with Crippen molar-refractivity contribution in [1.82, 2.24) is 14.8 Å². The zero-order valence-corrected chi connectivity index (χ0v) is 12.4. The fraction of sp³-hybridized carbons (Fsp3) is 0.333. The molecule has 0 aliphatic rings. The highest BCUT2D eigenvalue weighted by molar-refractivity contribution is 7.18. The van der Waals surface area contributed by atoms with Crippen LogP contribution in [0.4, 0.5) is 0 Å². The van der Waals surface area contributed by atoms with E-state index in [2.05, 4.69) is 16.1 Å². The van der Waals surface area contributed by atoms with E-state index in [4.69, 9.17) is 0 Å². The first kappa shape index (κ1) is 13.3. The molecule has 0 bridgehead atoms. The van der Waals surface area contributed by atoms with Crippen LogP contribution in [0.5, 0.6) is 0 Å². The summed E-state index contributed by atoms with van der Waals surface area (Å²) in [5.41, 5.74) is 2.80. The number of aliphatic hydroxyl groups is 1. The van der Waals surface area contributed by atoms with E-state index in [1.54, 1.807) is 11.3 Å². The SMILES string of the molecule is CCn1nc(C)cc1C(O)Cc1nc2ccccc2s1. The van der Waals surface area contributed by atoms with Crippen molar-refractivity contribution in [2.24, 2.45) is 0 Å². The minimum atomic E-state index is -0.559. The quantitative estimate of drug-likeness (QED) is 0.802. The number of aromatic nitrogens is 3. The molecule has 1 unspecified atom stereocenters. The van der Waals surface area contributed by atoms with Gasteiger partial charge < -0.3 is 5.11 Å². The molecule has 0 spiro atoms. The van der Waals surface area contributed by atoms with Gasteiger partial charge in [0.2, 0.25) is 0 Å². The number of para-hydroxylation sites is 1. The zero-order chi connectivity index (χ0) is 14.1. The number of aliphatic hydroxyl groups excluding tert-OH is 1. The average molecular weight is 287 g/mol. The Morgan fingerprint density at radius 3 is 2.90 bits per heavy atom. The lowest BCUT2D eigenvalue weighted by molar-refractivity contribution is 0.167. The summed E-state index contributed by atoms with van der Waals surface area (Å²) in [4.78, 5) is 4.57.